The van der Waals surface area contributed by atoms with Gasteiger partial charge in [-0.3, -0.25) is 0 Å². The van der Waals surface area contributed by atoms with Crippen LogP contribution in [0.25, 0.3) is 5.03 Å². The monoisotopic (exact) mass is 340 g/mol. The third kappa shape index (κ3) is 2.69. The maximum atomic E-state index is 6.34. The highest BCUT2D eigenvalue weighted by atomic mass is 35.5. The summed E-state index contributed by atoms with van der Waals surface area (Å²) in [5.74, 6) is 0. The van der Waals surface area contributed by atoms with Crippen LogP contribution >= 0.6 is 23.2 Å². The molecule has 1 aliphatic rings. The zero-order chi connectivity index (χ0) is 15.8. The van der Waals surface area contributed by atoms with Crippen LogP contribution in [0, 0.1) is 0 Å². The molecule has 0 amide bonds. The molecule has 0 saturated carbocycles. The van der Waals surface area contributed by atoms with Gasteiger partial charge in [0.2, 0.25) is 0 Å². The fraction of sp³-hybridized carbons (Fsp3) is 0.105. The lowest BCUT2D eigenvalue weighted by molar-refractivity contribution is 0.676. The molecule has 114 valence electrons. The molecule has 0 bridgehead atoms. The van der Waals surface area contributed by atoms with E-state index in [-0.39, 0.29) is 6.04 Å². The summed E-state index contributed by atoms with van der Waals surface area (Å²) in [7, 11) is 0. The molecule has 23 heavy (non-hydrogen) atoms. The molecule has 1 atom stereocenters. The lowest BCUT2D eigenvalue weighted by Crippen LogP contribution is -2.11. The molecule has 3 aromatic rings. The van der Waals surface area contributed by atoms with Crippen molar-refractivity contribution >= 4 is 28.2 Å². The standard InChI is InChI=1S/C19H14Cl2N2/c20-16-6-3-14(4-7-16)19(23-10-9-22-12-23)15-2-1-13-5-8-18(21)17(13)11-15/h1-4,6-12,19H,5H2. The fourth-order valence-corrected chi connectivity index (χ4v) is 3.46. The number of allylic oxidation sites excluding steroid dienone is 1. The summed E-state index contributed by atoms with van der Waals surface area (Å²) in [5.41, 5.74) is 4.74. The predicted octanol–water partition coefficient (Wildman–Crippen LogP) is 5.31. The molecular formula is C19H14Cl2N2. The highest BCUT2D eigenvalue weighted by Crippen LogP contribution is 2.35. The van der Waals surface area contributed by atoms with Crippen LogP contribution in [0.1, 0.15) is 28.3 Å². The van der Waals surface area contributed by atoms with Gasteiger partial charge in [0.1, 0.15) is 0 Å². The molecule has 1 unspecified atom stereocenters. The second-order valence-corrected chi connectivity index (χ2v) is 6.48. The number of hydrogen-bond acceptors (Lipinski definition) is 1. The van der Waals surface area contributed by atoms with Gasteiger partial charge >= 0.3 is 0 Å². The average molecular weight is 341 g/mol. The molecule has 1 heterocycles. The first-order valence-electron chi connectivity index (χ1n) is 7.44. The minimum Gasteiger partial charge on any atom is -0.326 e. The van der Waals surface area contributed by atoms with Gasteiger partial charge in [0.15, 0.2) is 0 Å². The van der Waals surface area contributed by atoms with Crippen LogP contribution in [0.4, 0.5) is 0 Å². The lowest BCUT2D eigenvalue weighted by Gasteiger charge is -2.21. The van der Waals surface area contributed by atoms with Gasteiger partial charge in [-0.15, -0.1) is 0 Å². The predicted molar refractivity (Wildman–Crippen MR) is 94.9 cm³/mol. The van der Waals surface area contributed by atoms with Crippen molar-refractivity contribution in [2.24, 2.45) is 0 Å². The summed E-state index contributed by atoms with van der Waals surface area (Å²) >= 11 is 12.4. The van der Waals surface area contributed by atoms with E-state index in [0.717, 1.165) is 27.6 Å². The molecule has 0 saturated heterocycles. The van der Waals surface area contributed by atoms with E-state index < -0.39 is 0 Å². The number of halogens is 2. The summed E-state index contributed by atoms with van der Waals surface area (Å²) < 4.78 is 2.09. The van der Waals surface area contributed by atoms with Gasteiger partial charge in [-0.05, 0) is 46.9 Å². The molecular weight excluding hydrogens is 327 g/mol. The Morgan fingerprint density at radius 1 is 1.00 bits per heavy atom. The Hall–Kier alpha value is -2.03. The molecule has 0 N–H and O–H groups in total. The second kappa shape index (κ2) is 5.88. The third-order valence-electron chi connectivity index (χ3n) is 4.22. The second-order valence-electron chi connectivity index (χ2n) is 5.64. The Morgan fingerprint density at radius 3 is 2.52 bits per heavy atom. The van der Waals surface area contributed by atoms with Crippen molar-refractivity contribution in [1.82, 2.24) is 9.55 Å². The van der Waals surface area contributed by atoms with E-state index in [0.29, 0.717) is 0 Å². The minimum atomic E-state index is 0.0464. The van der Waals surface area contributed by atoms with Crippen LogP contribution in [0.2, 0.25) is 5.02 Å². The number of benzene rings is 2. The van der Waals surface area contributed by atoms with Crippen molar-refractivity contribution in [3.63, 3.8) is 0 Å². The van der Waals surface area contributed by atoms with E-state index in [2.05, 4.69) is 46.0 Å². The molecule has 1 aromatic heterocycles. The lowest BCUT2D eigenvalue weighted by atomic mass is 9.95. The first kappa shape index (κ1) is 14.6. The van der Waals surface area contributed by atoms with Crippen molar-refractivity contribution in [1.29, 1.82) is 0 Å². The van der Waals surface area contributed by atoms with E-state index in [1.54, 1.807) is 6.20 Å². The summed E-state index contributed by atoms with van der Waals surface area (Å²) in [4.78, 5) is 4.20. The van der Waals surface area contributed by atoms with Gasteiger partial charge in [-0.1, -0.05) is 53.5 Å². The molecule has 0 aliphatic heterocycles. The van der Waals surface area contributed by atoms with Gasteiger partial charge in [0.05, 0.1) is 12.4 Å². The number of hydrogen-bond donors (Lipinski definition) is 0. The van der Waals surface area contributed by atoms with Gasteiger partial charge < -0.3 is 4.57 Å². The van der Waals surface area contributed by atoms with Crippen molar-refractivity contribution in [2.45, 2.75) is 12.5 Å². The van der Waals surface area contributed by atoms with Crippen molar-refractivity contribution in [3.8, 4) is 0 Å². The van der Waals surface area contributed by atoms with Crippen LogP contribution in [-0.4, -0.2) is 9.55 Å². The molecule has 0 fully saturated rings. The van der Waals surface area contributed by atoms with E-state index >= 15 is 0 Å². The Labute approximate surface area is 145 Å². The first-order valence-corrected chi connectivity index (χ1v) is 8.20. The molecule has 0 radical (unpaired) electrons. The van der Waals surface area contributed by atoms with Crippen LogP contribution < -0.4 is 0 Å². The first-order chi connectivity index (χ1) is 11.2. The average Bonchev–Trinajstić information content (AvgIpc) is 3.21. The SMILES string of the molecule is ClC1=CCc2ccc(C(c3ccc(Cl)cc3)n3ccnc3)cc21. The van der Waals surface area contributed by atoms with Gasteiger partial charge in [-0.2, -0.15) is 0 Å². The van der Waals surface area contributed by atoms with Crippen molar-refractivity contribution in [2.75, 3.05) is 0 Å². The Balaban J connectivity index is 1.85. The quantitative estimate of drug-likeness (QED) is 0.631. The number of nitrogens with zero attached hydrogens (tertiary/aromatic N) is 2. The summed E-state index contributed by atoms with van der Waals surface area (Å²) in [6.07, 6.45) is 8.58. The molecule has 0 spiro atoms. The molecule has 1 aliphatic carbocycles. The van der Waals surface area contributed by atoms with E-state index in [9.17, 15) is 0 Å². The van der Waals surface area contributed by atoms with Crippen LogP contribution in [0.15, 0.2) is 67.3 Å². The van der Waals surface area contributed by atoms with Gasteiger partial charge in [0, 0.05) is 22.4 Å². The highest BCUT2D eigenvalue weighted by Gasteiger charge is 2.19. The zero-order valence-electron chi connectivity index (χ0n) is 12.3. The molecule has 2 nitrogen and oxygen atoms in total. The van der Waals surface area contributed by atoms with Crippen LogP contribution in [0.3, 0.4) is 0 Å². The molecule has 4 rings (SSSR count). The molecule has 4 heteroatoms. The van der Waals surface area contributed by atoms with Crippen LogP contribution in [0.5, 0.6) is 0 Å². The summed E-state index contributed by atoms with van der Waals surface area (Å²) in [5, 5.41) is 1.57. The third-order valence-corrected chi connectivity index (χ3v) is 4.83. The van der Waals surface area contributed by atoms with Gasteiger partial charge in [-0.25, -0.2) is 4.98 Å². The number of rotatable bonds is 3. The summed E-state index contributed by atoms with van der Waals surface area (Å²) in [6.45, 7) is 0. The Bertz CT molecular complexity index is 865. The maximum Gasteiger partial charge on any atom is 0.0954 e. The van der Waals surface area contributed by atoms with Crippen molar-refractivity contribution < 1.29 is 0 Å². The van der Waals surface area contributed by atoms with Crippen LogP contribution in [-0.2, 0) is 6.42 Å². The zero-order valence-corrected chi connectivity index (χ0v) is 13.8. The normalized spacial score (nSPS) is 14.4. The van der Waals surface area contributed by atoms with E-state index in [4.69, 9.17) is 23.2 Å². The number of aromatic nitrogens is 2. The largest absolute Gasteiger partial charge is 0.326 e. The smallest absolute Gasteiger partial charge is 0.0954 e. The topological polar surface area (TPSA) is 17.8 Å². The van der Waals surface area contributed by atoms with Gasteiger partial charge in [0.25, 0.3) is 0 Å². The summed E-state index contributed by atoms with van der Waals surface area (Å²) in [6, 6.07) is 14.5. The van der Waals surface area contributed by atoms with Crippen molar-refractivity contribution in [3.05, 3.63) is 94.5 Å². The highest BCUT2D eigenvalue weighted by molar-refractivity contribution is 6.49. The Kier molecular flexibility index (Phi) is 3.72. The number of imidazole rings is 1. The fourth-order valence-electron chi connectivity index (χ4n) is 3.08. The van der Waals surface area contributed by atoms with E-state index in [1.807, 2.05) is 24.7 Å². The maximum absolute atomic E-state index is 6.34. The molecule has 2 aromatic carbocycles. The Morgan fingerprint density at radius 2 is 1.78 bits per heavy atom. The minimum absolute atomic E-state index is 0.0464. The van der Waals surface area contributed by atoms with E-state index in [1.165, 1.54) is 11.1 Å². The number of fused-ring (bicyclic) bond motifs is 1.